The Labute approximate surface area is 97.8 Å². The van der Waals surface area contributed by atoms with Gasteiger partial charge in [0.05, 0.1) is 6.61 Å². The first-order valence-electron chi connectivity index (χ1n) is 5.21. The zero-order chi connectivity index (χ0) is 12.3. The highest BCUT2D eigenvalue weighted by Crippen LogP contribution is 2.19. The Morgan fingerprint density at radius 2 is 2.53 bits per heavy atom. The Bertz CT molecular complexity index is 412. The van der Waals surface area contributed by atoms with E-state index in [-0.39, 0.29) is 12.7 Å². The lowest BCUT2D eigenvalue weighted by Crippen LogP contribution is -2.21. The molecule has 2 atom stereocenters. The summed E-state index contributed by atoms with van der Waals surface area (Å²) in [5.41, 5.74) is 0. The van der Waals surface area contributed by atoms with E-state index < -0.39 is 12.1 Å². The molecule has 2 heterocycles. The second-order valence-corrected chi connectivity index (χ2v) is 3.60. The number of carboxylic acid groups (broad SMARTS) is 1. The summed E-state index contributed by atoms with van der Waals surface area (Å²) in [6.45, 7) is 0.260. The highest BCUT2D eigenvalue weighted by Gasteiger charge is 2.32. The van der Waals surface area contributed by atoms with Crippen molar-refractivity contribution in [1.82, 2.24) is 9.97 Å². The maximum absolute atomic E-state index is 10.7. The lowest BCUT2D eigenvalue weighted by molar-refractivity contribution is -0.147. The molecule has 0 bridgehead atoms. The van der Waals surface area contributed by atoms with Gasteiger partial charge in [0.25, 0.3) is 0 Å². The van der Waals surface area contributed by atoms with Gasteiger partial charge in [0.15, 0.2) is 6.10 Å². The van der Waals surface area contributed by atoms with E-state index in [9.17, 15) is 4.79 Å². The maximum atomic E-state index is 10.7. The zero-order valence-electron chi connectivity index (χ0n) is 9.29. The Hall–Kier alpha value is -1.89. The summed E-state index contributed by atoms with van der Waals surface area (Å²) in [5.74, 6) is -0.102. The van der Waals surface area contributed by atoms with Gasteiger partial charge in [-0.1, -0.05) is 0 Å². The minimum atomic E-state index is -0.963. The van der Waals surface area contributed by atoms with E-state index in [1.165, 1.54) is 0 Å². The summed E-state index contributed by atoms with van der Waals surface area (Å²) in [6.07, 6.45) is 0.827. The molecule has 1 aromatic heterocycles. The summed E-state index contributed by atoms with van der Waals surface area (Å²) < 4.78 is 10.6. The quantitative estimate of drug-likeness (QED) is 0.771. The zero-order valence-corrected chi connectivity index (χ0v) is 9.29. The number of carbonyl (C=O) groups is 1. The molecule has 1 saturated heterocycles. The Morgan fingerprint density at radius 3 is 3.18 bits per heavy atom. The maximum Gasteiger partial charge on any atom is 0.332 e. The number of ether oxygens (including phenoxy) is 2. The van der Waals surface area contributed by atoms with E-state index in [1.54, 1.807) is 19.3 Å². The van der Waals surface area contributed by atoms with Gasteiger partial charge in [0, 0.05) is 25.7 Å². The second kappa shape index (κ2) is 4.96. The van der Waals surface area contributed by atoms with Crippen LogP contribution in [0.3, 0.4) is 0 Å². The predicted molar refractivity (Wildman–Crippen MR) is 58.0 cm³/mol. The molecule has 0 saturated carbocycles. The number of nitrogens with one attached hydrogen (secondary N) is 1. The van der Waals surface area contributed by atoms with E-state index in [0.29, 0.717) is 18.2 Å². The van der Waals surface area contributed by atoms with E-state index in [2.05, 4.69) is 15.3 Å². The molecule has 17 heavy (non-hydrogen) atoms. The molecule has 2 N–H and O–H groups in total. The first-order valence-corrected chi connectivity index (χ1v) is 5.21. The van der Waals surface area contributed by atoms with Crippen LogP contribution in [-0.4, -0.2) is 46.9 Å². The standard InChI is InChI=1S/C10H13N3O4/c1-11-10-12-3-2-8(13-10)17-6-4-7(9(14)15)16-5-6/h2-3,6-7H,4-5H2,1H3,(H,14,15)(H,11,12,13)/t6-,7+/m0/s1. The van der Waals surface area contributed by atoms with Crippen molar-refractivity contribution in [1.29, 1.82) is 0 Å². The topological polar surface area (TPSA) is 93.6 Å². The van der Waals surface area contributed by atoms with Crippen LogP contribution in [0, 0.1) is 0 Å². The minimum Gasteiger partial charge on any atom is -0.479 e. The average Bonchev–Trinajstić information content (AvgIpc) is 2.78. The van der Waals surface area contributed by atoms with E-state index in [1.807, 2.05) is 0 Å². The van der Waals surface area contributed by atoms with Gasteiger partial charge >= 0.3 is 5.97 Å². The number of aromatic nitrogens is 2. The van der Waals surface area contributed by atoms with Gasteiger partial charge in [-0.2, -0.15) is 4.98 Å². The summed E-state index contributed by atoms with van der Waals surface area (Å²) in [6, 6.07) is 1.62. The number of anilines is 1. The fourth-order valence-corrected chi connectivity index (χ4v) is 1.55. The van der Waals surface area contributed by atoms with Crippen LogP contribution in [0.5, 0.6) is 5.88 Å². The molecule has 0 spiro atoms. The van der Waals surface area contributed by atoms with Gasteiger partial charge in [-0.3, -0.25) is 0 Å². The molecular weight excluding hydrogens is 226 g/mol. The minimum absolute atomic E-state index is 0.260. The van der Waals surface area contributed by atoms with Gasteiger partial charge < -0.3 is 19.9 Å². The number of carboxylic acids is 1. The highest BCUT2D eigenvalue weighted by atomic mass is 16.6. The number of nitrogens with zero attached hydrogens (tertiary/aromatic N) is 2. The Morgan fingerprint density at radius 1 is 1.71 bits per heavy atom. The molecule has 0 radical (unpaired) electrons. The third kappa shape index (κ3) is 2.82. The molecule has 7 nitrogen and oxygen atoms in total. The second-order valence-electron chi connectivity index (χ2n) is 3.60. The SMILES string of the molecule is CNc1nccc(O[C@@H]2CO[C@@H](C(=O)O)C2)n1. The van der Waals surface area contributed by atoms with Crippen LogP contribution in [0.25, 0.3) is 0 Å². The monoisotopic (exact) mass is 239 g/mol. The fraction of sp³-hybridized carbons (Fsp3) is 0.500. The van der Waals surface area contributed by atoms with E-state index in [4.69, 9.17) is 14.6 Å². The van der Waals surface area contributed by atoms with Crippen LogP contribution in [0.1, 0.15) is 6.42 Å². The lowest BCUT2D eigenvalue weighted by atomic mass is 10.2. The van der Waals surface area contributed by atoms with Gasteiger partial charge in [0.1, 0.15) is 6.10 Å². The van der Waals surface area contributed by atoms with Crippen LogP contribution >= 0.6 is 0 Å². The van der Waals surface area contributed by atoms with E-state index >= 15 is 0 Å². The van der Waals surface area contributed by atoms with Crippen LogP contribution in [-0.2, 0) is 9.53 Å². The normalized spacial score (nSPS) is 23.4. The molecule has 2 rings (SSSR count). The Kier molecular flexibility index (Phi) is 3.38. The van der Waals surface area contributed by atoms with Crippen molar-refractivity contribution in [2.24, 2.45) is 0 Å². The molecule has 1 fully saturated rings. The van der Waals surface area contributed by atoms with Crippen LogP contribution in [0.4, 0.5) is 5.95 Å². The first-order chi connectivity index (χ1) is 8.19. The average molecular weight is 239 g/mol. The van der Waals surface area contributed by atoms with E-state index in [0.717, 1.165) is 0 Å². The third-order valence-corrected chi connectivity index (χ3v) is 2.38. The molecule has 0 aromatic carbocycles. The first kappa shape index (κ1) is 11.6. The predicted octanol–water partition coefficient (Wildman–Crippen LogP) is 0.139. The number of hydrogen-bond acceptors (Lipinski definition) is 6. The fourth-order valence-electron chi connectivity index (χ4n) is 1.55. The van der Waals surface area contributed by atoms with Gasteiger partial charge in [-0.05, 0) is 0 Å². The number of aliphatic carboxylic acids is 1. The molecule has 1 aliphatic rings. The van der Waals surface area contributed by atoms with Crippen LogP contribution in [0.15, 0.2) is 12.3 Å². The van der Waals surface area contributed by atoms with Crippen molar-refractivity contribution in [2.45, 2.75) is 18.6 Å². The van der Waals surface area contributed by atoms with Crippen LogP contribution in [0.2, 0.25) is 0 Å². The van der Waals surface area contributed by atoms with Crippen LogP contribution < -0.4 is 10.1 Å². The molecule has 0 amide bonds. The van der Waals surface area contributed by atoms with Gasteiger partial charge in [-0.25, -0.2) is 9.78 Å². The highest BCUT2D eigenvalue weighted by molar-refractivity contribution is 5.72. The molecule has 0 unspecified atom stereocenters. The summed E-state index contributed by atoms with van der Waals surface area (Å²) >= 11 is 0. The summed E-state index contributed by atoms with van der Waals surface area (Å²) in [7, 11) is 1.71. The molecule has 92 valence electrons. The lowest BCUT2D eigenvalue weighted by Gasteiger charge is -2.10. The van der Waals surface area contributed by atoms with Gasteiger partial charge in [-0.15, -0.1) is 0 Å². The van der Waals surface area contributed by atoms with Crippen molar-refractivity contribution in [3.63, 3.8) is 0 Å². The Balaban J connectivity index is 1.95. The van der Waals surface area contributed by atoms with Crippen molar-refractivity contribution in [3.8, 4) is 5.88 Å². The largest absolute Gasteiger partial charge is 0.479 e. The summed E-state index contributed by atoms with van der Waals surface area (Å²) in [5, 5.41) is 11.6. The molecule has 1 aliphatic heterocycles. The molecular formula is C10H13N3O4. The van der Waals surface area contributed by atoms with Crippen molar-refractivity contribution >= 4 is 11.9 Å². The third-order valence-electron chi connectivity index (χ3n) is 2.38. The van der Waals surface area contributed by atoms with Gasteiger partial charge in [0.2, 0.25) is 11.8 Å². The molecule has 7 heteroatoms. The van der Waals surface area contributed by atoms with Crippen molar-refractivity contribution in [2.75, 3.05) is 19.0 Å². The van der Waals surface area contributed by atoms with Crippen molar-refractivity contribution in [3.05, 3.63) is 12.3 Å². The number of hydrogen-bond donors (Lipinski definition) is 2. The van der Waals surface area contributed by atoms with Crippen molar-refractivity contribution < 1.29 is 19.4 Å². The molecule has 0 aliphatic carbocycles. The number of rotatable bonds is 4. The summed E-state index contributed by atoms with van der Waals surface area (Å²) in [4.78, 5) is 18.7. The molecule has 1 aromatic rings. The smallest absolute Gasteiger partial charge is 0.332 e.